The van der Waals surface area contributed by atoms with Crippen molar-refractivity contribution >= 4 is 23.5 Å². The van der Waals surface area contributed by atoms with Crippen LogP contribution >= 0.6 is 11.8 Å². The number of nitrogens with one attached hydrogen (secondary N) is 2. The number of benzene rings is 2. The fourth-order valence-electron chi connectivity index (χ4n) is 3.86. The number of thioether (sulfide) groups is 1. The Bertz CT molecular complexity index is 1300. The number of hydrogen-bond acceptors (Lipinski definition) is 6. The average molecular weight is 497 g/mol. The summed E-state index contributed by atoms with van der Waals surface area (Å²) in [5, 5.41) is 15.3. The fourth-order valence-corrected chi connectivity index (χ4v) is 4.82. The molecule has 0 spiro atoms. The normalized spacial score (nSPS) is 13.5. The zero-order chi connectivity index (χ0) is 25.2. The van der Waals surface area contributed by atoms with Crippen LogP contribution in [-0.4, -0.2) is 39.0 Å². The number of carbonyl (C=O) groups is 1. The molecular formula is C26H29FN4O3S. The minimum Gasteiger partial charge on any atom is -0.396 e. The lowest BCUT2D eigenvalue weighted by molar-refractivity contribution is 0.0950. The SMILES string of the molecule is Cc1c(F)cc(C(=O)NC2CC2)cc1-n1ccnc(NC(C)(C)c2ccccc2SCCO)c1=O. The predicted molar refractivity (Wildman–Crippen MR) is 136 cm³/mol. The third-order valence-electron chi connectivity index (χ3n) is 5.93. The number of aromatic nitrogens is 2. The van der Waals surface area contributed by atoms with Crippen LogP contribution < -0.4 is 16.2 Å². The lowest BCUT2D eigenvalue weighted by Crippen LogP contribution is -2.34. The van der Waals surface area contributed by atoms with Gasteiger partial charge in [-0.2, -0.15) is 0 Å². The average Bonchev–Trinajstić information content (AvgIpc) is 3.65. The second-order valence-electron chi connectivity index (χ2n) is 9.12. The number of amides is 1. The first kappa shape index (κ1) is 24.9. The van der Waals surface area contributed by atoms with Gasteiger partial charge in [0, 0.05) is 40.2 Å². The largest absolute Gasteiger partial charge is 0.396 e. The van der Waals surface area contributed by atoms with E-state index in [1.807, 2.05) is 38.1 Å². The molecule has 1 aromatic heterocycles. The molecule has 0 radical (unpaired) electrons. The van der Waals surface area contributed by atoms with Gasteiger partial charge in [0.15, 0.2) is 5.82 Å². The molecule has 1 heterocycles. The standard InChI is InChI=1S/C26H29FN4O3S/c1-16-20(27)14-17(24(33)29-18-8-9-18)15-21(16)31-11-10-28-23(25(31)34)30-26(2,3)19-6-4-5-7-22(19)35-13-12-32/h4-7,10-11,14-15,18,32H,8-9,12-13H2,1-3H3,(H,28,30)(H,29,33). The molecule has 0 bridgehead atoms. The topological polar surface area (TPSA) is 96.2 Å². The second-order valence-corrected chi connectivity index (χ2v) is 10.3. The number of hydrogen-bond donors (Lipinski definition) is 3. The van der Waals surface area contributed by atoms with E-state index in [1.54, 1.807) is 6.92 Å². The van der Waals surface area contributed by atoms with Gasteiger partial charge < -0.3 is 15.7 Å². The molecule has 1 saturated carbocycles. The van der Waals surface area contributed by atoms with Crippen LogP contribution in [0.4, 0.5) is 10.2 Å². The summed E-state index contributed by atoms with van der Waals surface area (Å²) in [6.07, 6.45) is 4.78. The van der Waals surface area contributed by atoms with Crippen molar-refractivity contribution in [2.24, 2.45) is 0 Å². The van der Waals surface area contributed by atoms with Crippen molar-refractivity contribution in [3.05, 3.63) is 81.7 Å². The minimum atomic E-state index is -0.670. The molecule has 1 fully saturated rings. The van der Waals surface area contributed by atoms with Gasteiger partial charge in [-0.3, -0.25) is 14.2 Å². The molecule has 35 heavy (non-hydrogen) atoms. The maximum atomic E-state index is 14.8. The fraction of sp³-hybridized carbons (Fsp3) is 0.346. The van der Waals surface area contributed by atoms with Crippen LogP contribution in [0.1, 0.15) is 48.2 Å². The number of nitrogens with zero attached hydrogens (tertiary/aromatic N) is 2. The third kappa shape index (κ3) is 5.57. The predicted octanol–water partition coefficient (Wildman–Crippen LogP) is 4.00. The van der Waals surface area contributed by atoms with Gasteiger partial charge in [0.1, 0.15) is 5.82 Å². The first-order valence-corrected chi connectivity index (χ1v) is 12.5. The summed E-state index contributed by atoms with van der Waals surface area (Å²) in [4.78, 5) is 31.2. The van der Waals surface area contributed by atoms with Gasteiger partial charge in [-0.1, -0.05) is 18.2 Å². The molecule has 184 valence electrons. The van der Waals surface area contributed by atoms with Crippen LogP contribution in [0, 0.1) is 12.7 Å². The molecular weight excluding hydrogens is 467 g/mol. The number of aliphatic hydroxyl groups is 1. The summed E-state index contributed by atoms with van der Waals surface area (Å²) in [5.41, 5.74) is 0.550. The smallest absolute Gasteiger partial charge is 0.297 e. The van der Waals surface area contributed by atoms with E-state index in [4.69, 9.17) is 0 Å². The Labute approximate surface area is 207 Å². The lowest BCUT2D eigenvalue weighted by Gasteiger charge is -2.29. The first-order valence-electron chi connectivity index (χ1n) is 11.5. The van der Waals surface area contributed by atoms with Crippen molar-refractivity contribution in [1.29, 1.82) is 0 Å². The van der Waals surface area contributed by atoms with Crippen molar-refractivity contribution in [3.8, 4) is 5.69 Å². The number of carbonyl (C=O) groups excluding carboxylic acids is 1. The Balaban J connectivity index is 1.69. The Morgan fingerprint density at radius 1 is 1.29 bits per heavy atom. The van der Waals surface area contributed by atoms with E-state index in [0.29, 0.717) is 5.75 Å². The summed E-state index contributed by atoms with van der Waals surface area (Å²) in [6.45, 7) is 5.52. The molecule has 1 aliphatic rings. The molecule has 9 heteroatoms. The molecule has 0 atom stereocenters. The van der Waals surface area contributed by atoms with Crippen molar-refractivity contribution in [1.82, 2.24) is 14.9 Å². The molecule has 1 aliphatic carbocycles. The van der Waals surface area contributed by atoms with Crippen molar-refractivity contribution in [2.45, 2.75) is 50.1 Å². The van der Waals surface area contributed by atoms with Gasteiger partial charge in [0.2, 0.25) is 0 Å². The summed E-state index contributed by atoms with van der Waals surface area (Å²) >= 11 is 1.53. The first-order chi connectivity index (χ1) is 16.7. The number of anilines is 1. The third-order valence-corrected chi connectivity index (χ3v) is 6.99. The van der Waals surface area contributed by atoms with Gasteiger partial charge in [-0.25, -0.2) is 9.37 Å². The zero-order valence-electron chi connectivity index (χ0n) is 20.0. The molecule has 0 aliphatic heterocycles. The van der Waals surface area contributed by atoms with E-state index in [9.17, 15) is 19.1 Å². The molecule has 2 aromatic carbocycles. The van der Waals surface area contributed by atoms with E-state index in [-0.39, 0.29) is 41.2 Å². The maximum Gasteiger partial charge on any atom is 0.297 e. The lowest BCUT2D eigenvalue weighted by atomic mass is 9.94. The van der Waals surface area contributed by atoms with Crippen LogP contribution in [0.2, 0.25) is 0 Å². The van der Waals surface area contributed by atoms with Crippen molar-refractivity contribution in [2.75, 3.05) is 17.7 Å². The molecule has 3 aromatic rings. The minimum absolute atomic E-state index is 0.0610. The van der Waals surface area contributed by atoms with E-state index >= 15 is 0 Å². The molecule has 7 nitrogen and oxygen atoms in total. The zero-order valence-corrected chi connectivity index (χ0v) is 20.8. The van der Waals surface area contributed by atoms with E-state index in [1.165, 1.54) is 40.9 Å². The number of rotatable bonds is 9. The summed E-state index contributed by atoms with van der Waals surface area (Å²) in [6, 6.07) is 10.7. The maximum absolute atomic E-state index is 14.8. The van der Waals surface area contributed by atoms with Crippen molar-refractivity contribution < 1.29 is 14.3 Å². The summed E-state index contributed by atoms with van der Waals surface area (Å²) < 4.78 is 16.1. The highest BCUT2D eigenvalue weighted by molar-refractivity contribution is 7.99. The molecule has 4 rings (SSSR count). The quantitative estimate of drug-likeness (QED) is 0.388. The van der Waals surface area contributed by atoms with Gasteiger partial charge >= 0.3 is 0 Å². The highest BCUT2D eigenvalue weighted by atomic mass is 32.2. The molecule has 0 saturated heterocycles. The summed E-state index contributed by atoms with van der Waals surface area (Å²) in [7, 11) is 0. The Morgan fingerprint density at radius 2 is 2.03 bits per heavy atom. The van der Waals surface area contributed by atoms with Crippen LogP contribution in [0.3, 0.4) is 0 Å². The second kappa shape index (κ2) is 10.2. The van der Waals surface area contributed by atoms with Gasteiger partial charge in [0.05, 0.1) is 17.8 Å². The molecule has 1 amide bonds. The van der Waals surface area contributed by atoms with Crippen LogP contribution in [-0.2, 0) is 5.54 Å². The van der Waals surface area contributed by atoms with E-state index < -0.39 is 16.9 Å². The monoisotopic (exact) mass is 496 g/mol. The van der Waals surface area contributed by atoms with Crippen LogP contribution in [0.15, 0.2) is 58.5 Å². The van der Waals surface area contributed by atoms with E-state index in [0.717, 1.165) is 23.3 Å². The van der Waals surface area contributed by atoms with E-state index in [2.05, 4.69) is 15.6 Å². The molecule has 3 N–H and O–H groups in total. The Morgan fingerprint density at radius 3 is 2.74 bits per heavy atom. The van der Waals surface area contributed by atoms with Gasteiger partial charge in [-0.15, -0.1) is 11.8 Å². The van der Waals surface area contributed by atoms with Gasteiger partial charge in [0.25, 0.3) is 11.5 Å². The van der Waals surface area contributed by atoms with Crippen molar-refractivity contribution in [3.63, 3.8) is 0 Å². The Kier molecular flexibility index (Phi) is 7.28. The van der Waals surface area contributed by atoms with Crippen LogP contribution in [0.25, 0.3) is 5.69 Å². The summed E-state index contributed by atoms with van der Waals surface area (Å²) in [5.74, 6) is -0.255. The highest BCUT2D eigenvalue weighted by Crippen LogP contribution is 2.33. The number of halogens is 1. The van der Waals surface area contributed by atoms with Gasteiger partial charge in [-0.05, 0) is 57.4 Å². The Hall–Kier alpha value is -3.17. The highest BCUT2D eigenvalue weighted by Gasteiger charge is 2.27. The number of aliphatic hydroxyl groups excluding tert-OH is 1. The molecule has 0 unspecified atom stereocenters. The van der Waals surface area contributed by atoms with Crippen LogP contribution in [0.5, 0.6) is 0 Å².